The molecule has 1 aliphatic rings. The number of carbonyl (C=O) groups excluding carboxylic acids is 1. The summed E-state index contributed by atoms with van der Waals surface area (Å²) in [5, 5.41) is 3.36. The Morgan fingerprint density at radius 3 is 2.61 bits per heavy atom. The Labute approximate surface area is 139 Å². The van der Waals surface area contributed by atoms with Gasteiger partial charge in [-0.3, -0.25) is 9.59 Å². The highest BCUT2D eigenvalue weighted by Gasteiger charge is 2.42. The van der Waals surface area contributed by atoms with E-state index in [9.17, 15) is 9.59 Å². The molecule has 0 atom stereocenters. The van der Waals surface area contributed by atoms with Crippen LogP contribution >= 0.6 is 11.6 Å². The molecule has 0 radical (unpaired) electrons. The smallest absolute Gasteiger partial charge is 0.251 e. The van der Waals surface area contributed by atoms with Crippen molar-refractivity contribution in [2.75, 3.05) is 0 Å². The van der Waals surface area contributed by atoms with Crippen LogP contribution in [0, 0.1) is 0 Å². The maximum absolute atomic E-state index is 12.0. The van der Waals surface area contributed by atoms with Gasteiger partial charge in [-0.2, -0.15) is 0 Å². The van der Waals surface area contributed by atoms with E-state index in [-0.39, 0.29) is 23.4 Å². The number of nitrogens with zero attached hydrogens (tertiary/aromatic N) is 1. The van der Waals surface area contributed by atoms with E-state index in [1.807, 2.05) is 24.3 Å². The van der Waals surface area contributed by atoms with Crippen molar-refractivity contribution >= 4 is 17.5 Å². The molecule has 0 unspecified atom stereocenters. The van der Waals surface area contributed by atoms with Gasteiger partial charge in [0.05, 0.1) is 17.7 Å². The first kappa shape index (κ1) is 15.7. The van der Waals surface area contributed by atoms with E-state index in [0.29, 0.717) is 16.5 Å². The number of nitrogens with one attached hydrogen (secondary N) is 2. The molecule has 6 heteroatoms. The molecule has 2 aromatic rings. The lowest BCUT2D eigenvalue weighted by Crippen LogP contribution is -2.39. The monoisotopic (exact) mass is 331 g/mol. The molecule has 1 aliphatic carbocycles. The Bertz CT molecular complexity index is 779. The van der Waals surface area contributed by atoms with E-state index in [0.717, 1.165) is 24.8 Å². The second-order valence-electron chi connectivity index (χ2n) is 5.94. The highest BCUT2D eigenvalue weighted by Crippen LogP contribution is 2.47. The summed E-state index contributed by atoms with van der Waals surface area (Å²) in [5.41, 5.74) is 1.21. The van der Waals surface area contributed by atoms with Crippen molar-refractivity contribution in [1.29, 1.82) is 0 Å². The Balaban J connectivity index is 1.99. The van der Waals surface area contributed by atoms with Crippen LogP contribution in [0.3, 0.4) is 0 Å². The number of aromatic nitrogens is 2. The van der Waals surface area contributed by atoms with E-state index in [4.69, 9.17) is 11.6 Å². The first-order valence-corrected chi connectivity index (χ1v) is 7.99. The molecule has 1 fully saturated rings. The molecule has 5 nitrogen and oxygen atoms in total. The quantitative estimate of drug-likeness (QED) is 0.904. The van der Waals surface area contributed by atoms with Gasteiger partial charge in [0.15, 0.2) is 0 Å². The predicted molar refractivity (Wildman–Crippen MR) is 88.5 cm³/mol. The number of rotatable bonds is 4. The molecule has 1 aromatic carbocycles. The molecule has 120 valence electrons. The summed E-state index contributed by atoms with van der Waals surface area (Å²) in [4.78, 5) is 30.5. The Hall–Kier alpha value is -2.14. The lowest BCUT2D eigenvalue weighted by Gasteiger charge is -2.41. The third-order valence-electron chi connectivity index (χ3n) is 4.37. The van der Waals surface area contributed by atoms with Gasteiger partial charge in [-0.05, 0) is 30.5 Å². The molecular formula is C17H18ClN3O2. The molecule has 1 aromatic heterocycles. The molecule has 1 heterocycles. The van der Waals surface area contributed by atoms with Crippen molar-refractivity contribution in [3.8, 4) is 0 Å². The molecule has 2 N–H and O–H groups in total. The van der Waals surface area contributed by atoms with Crippen molar-refractivity contribution in [3.63, 3.8) is 0 Å². The molecule has 0 aliphatic heterocycles. The van der Waals surface area contributed by atoms with Crippen LogP contribution in [-0.2, 0) is 16.8 Å². The minimum Gasteiger partial charge on any atom is -0.351 e. The van der Waals surface area contributed by atoms with E-state index < -0.39 is 0 Å². The minimum atomic E-state index is -0.268. The summed E-state index contributed by atoms with van der Waals surface area (Å²) in [7, 11) is 0. The van der Waals surface area contributed by atoms with Crippen LogP contribution in [0.25, 0.3) is 0 Å². The number of benzene rings is 1. The van der Waals surface area contributed by atoms with Crippen LogP contribution in [0.2, 0.25) is 5.02 Å². The minimum absolute atomic E-state index is 0.148. The van der Waals surface area contributed by atoms with Gasteiger partial charge in [0.25, 0.3) is 5.56 Å². The lowest BCUT2D eigenvalue weighted by molar-refractivity contribution is -0.119. The number of amides is 1. The van der Waals surface area contributed by atoms with Gasteiger partial charge < -0.3 is 10.3 Å². The van der Waals surface area contributed by atoms with Crippen molar-refractivity contribution < 1.29 is 4.79 Å². The van der Waals surface area contributed by atoms with Crippen LogP contribution < -0.4 is 10.9 Å². The third kappa shape index (κ3) is 3.15. The number of halogens is 1. The zero-order valence-corrected chi connectivity index (χ0v) is 13.6. The molecule has 3 rings (SSSR count). The number of hydrogen-bond acceptors (Lipinski definition) is 3. The average molecular weight is 332 g/mol. The van der Waals surface area contributed by atoms with Gasteiger partial charge >= 0.3 is 0 Å². The molecule has 0 saturated heterocycles. The van der Waals surface area contributed by atoms with Gasteiger partial charge in [0.1, 0.15) is 5.82 Å². The molecular weight excluding hydrogens is 314 g/mol. The number of aromatic amines is 1. The average Bonchev–Trinajstić information content (AvgIpc) is 2.45. The molecule has 0 spiro atoms. The molecule has 1 saturated carbocycles. The zero-order valence-electron chi connectivity index (χ0n) is 12.9. The number of hydrogen-bond donors (Lipinski definition) is 2. The molecule has 23 heavy (non-hydrogen) atoms. The fourth-order valence-corrected chi connectivity index (χ4v) is 3.13. The Morgan fingerprint density at radius 1 is 1.35 bits per heavy atom. The maximum Gasteiger partial charge on any atom is 0.251 e. The standard InChI is InChI=1S/C17H18ClN3O2/c1-11(22)19-10-14-9-15(23)21-16(20-14)17(7-2-8-17)12-3-5-13(18)6-4-12/h3-6,9H,2,7-8,10H2,1H3,(H,19,22)(H,20,21,23). The van der Waals surface area contributed by atoms with Crippen molar-refractivity contribution in [3.05, 3.63) is 62.8 Å². The number of H-pyrrole nitrogens is 1. The van der Waals surface area contributed by atoms with E-state index in [1.165, 1.54) is 13.0 Å². The lowest BCUT2D eigenvalue weighted by atomic mass is 9.64. The summed E-state index contributed by atoms with van der Waals surface area (Å²) < 4.78 is 0. The zero-order chi connectivity index (χ0) is 16.4. The van der Waals surface area contributed by atoms with Gasteiger partial charge in [0.2, 0.25) is 5.91 Å². The summed E-state index contributed by atoms with van der Waals surface area (Å²) in [6, 6.07) is 9.12. The largest absolute Gasteiger partial charge is 0.351 e. The van der Waals surface area contributed by atoms with Crippen molar-refractivity contribution in [2.24, 2.45) is 0 Å². The molecule has 1 amide bonds. The van der Waals surface area contributed by atoms with Crippen LogP contribution in [-0.4, -0.2) is 15.9 Å². The van der Waals surface area contributed by atoms with Crippen LogP contribution in [0.15, 0.2) is 35.1 Å². The Kier molecular flexibility index (Phi) is 4.22. The third-order valence-corrected chi connectivity index (χ3v) is 4.62. The Morgan fingerprint density at radius 2 is 2.04 bits per heavy atom. The summed E-state index contributed by atoms with van der Waals surface area (Å²) in [5.74, 6) is 0.517. The van der Waals surface area contributed by atoms with Crippen molar-refractivity contribution in [1.82, 2.24) is 15.3 Å². The van der Waals surface area contributed by atoms with E-state index in [2.05, 4.69) is 15.3 Å². The first-order valence-electron chi connectivity index (χ1n) is 7.61. The molecule has 0 bridgehead atoms. The summed E-state index contributed by atoms with van der Waals surface area (Å²) in [6.45, 7) is 1.69. The highest BCUT2D eigenvalue weighted by atomic mass is 35.5. The fourth-order valence-electron chi connectivity index (χ4n) is 3.00. The maximum atomic E-state index is 12.0. The number of carbonyl (C=O) groups is 1. The van der Waals surface area contributed by atoms with E-state index >= 15 is 0 Å². The van der Waals surface area contributed by atoms with E-state index in [1.54, 1.807) is 0 Å². The summed E-state index contributed by atoms with van der Waals surface area (Å²) in [6.07, 6.45) is 2.95. The fraction of sp³-hybridized carbons (Fsp3) is 0.353. The van der Waals surface area contributed by atoms with Gasteiger partial charge in [-0.15, -0.1) is 0 Å². The highest BCUT2D eigenvalue weighted by molar-refractivity contribution is 6.30. The van der Waals surface area contributed by atoms with Crippen molar-refractivity contribution in [2.45, 2.75) is 38.1 Å². The predicted octanol–water partition coefficient (Wildman–Crippen LogP) is 2.53. The topological polar surface area (TPSA) is 74.8 Å². The second kappa shape index (κ2) is 6.16. The SMILES string of the molecule is CC(=O)NCc1cc(=O)[nH]c(C2(c3ccc(Cl)cc3)CCC2)n1. The van der Waals surface area contributed by atoms with Crippen LogP contribution in [0.4, 0.5) is 0 Å². The van der Waals surface area contributed by atoms with Gasteiger partial charge in [-0.25, -0.2) is 4.98 Å². The van der Waals surface area contributed by atoms with Crippen LogP contribution in [0.1, 0.15) is 43.3 Å². The van der Waals surface area contributed by atoms with Gasteiger partial charge in [0, 0.05) is 18.0 Å². The summed E-state index contributed by atoms with van der Waals surface area (Å²) >= 11 is 5.98. The van der Waals surface area contributed by atoms with Gasteiger partial charge in [-0.1, -0.05) is 30.2 Å². The normalized spacial score (nSPS) is 15.7. The second-order valence-corrected chi connectivity index (χ2v) is 6.37. The first-order chi connectivity index (χ1) is 11.0. The van der Waals surface area contributed by atoms with Crippen LogP contribution in [0.5, 0.6) is 0 Å².